The van der Waals surface area contributed by atoms with Crippen molar-refractivity contribution in [3.8, 4) is 5.69 Å². The molecule has 104 valence electrons. The van der Waals surface area contributed by atoms with Gasteiger partial charge < -0.3 is 5.11 Å². The van der Waals surface area contributed by atoms with E-state index in [1.807, 2.05) is 6.92 Å². The van der Waals surface area contributed by atoms with Crippen LogP contribution in [0, 0.1) is 5.82 Å². The molecule has 2 aromatic rings. The fourth-order valence-electron chi connectivity index (χ4n) is 1.97. The Balaban J connectivity index is 2.82. The molecule has 0 aliphatic heterocycles. The summed E-state index contributed by atoms with van der Waals surface area (Å²) in [5.41, 5.74) is 0.0891. The molecule has 0 saturated heterocycles. The molecule has 0 spiro atoms. The molecule has 2 rings (SSSR count). The molecule has 0 aliphatic carbocycles. The fraction of sp³-hybridized carbons (Fsp3) is 0.143. The van der Waals surface area contributed by atoms with Gasteiger partial charge in [-0.1, -0.05) is 6.92 Å². The molecular formula is C14H11BrFNO3. The minimum atomic E-state index is -1.30. The summed E-state index contributed by atoms with van der Waals surface area (Å²) >= 11 is 3.28. The van der Waals surface area contributed by atoms with Crippen LogP contribution in [0.5, 0.6) is 0 Å². The van der Waals surface area contributed by atoms with Gasteiger partial charge in [-0.3, -0.25) is 9.36 Å². The Labute approximate surface area is 122 Å². The molecular weight excluding hydrogens is 329 g/mol. The third-order valence-corrected chi connectivity index (χ3v) is 3.59. The van der Waals surface area contributed by atoms with Crippen LogP contribution in [0.3, 0.4) is 0 Å². The van der Waals surface area contributed by atoms with Gasteiger partial charge in [0.25, 0.3) is 5.56 Å². The Bertz CT molecular complexity index is 722. The summed E-state index contributed by atoms with van der Waals surface area (Å²) in [5, 5.41) is 9.07. The van der Waals surface area contributed by atoms with Crippen molar-refractivity contribution in [3.05, 3.63) is 62.2 Å². The highest BCUT2D eigenvalue weighted by molar-refractivity contribution is 9.10. The minimum Gasteiger partial charge on any atom is -0.477 e. The highest BCUT2D eigenvalue weighted by Crippen LogP contribution is 2.20. The fourth-order valence-corrected chi connectivity index (χ4v) is 2.65. The summed E-state index contributed by atoms with van der Waals surface area (Å²) in [4.78, 5) is 23.4. The molecule has 1 aromatic carbocycles. The van der Waals surface area contributed by atoms with Gasteiger partial charge in [0, 0.05) is 15.9 Å². The topological polar surface area (TPSA) is 59.3 Å². The van der Waals surface area contributed by atoms with Crippen LogP contribution in [-0.4, -0.2) is 15.6 Å². The molecule has 0 aliphatic rings. The predicted molar refractivity (Wildman–Crippen MR) is 76.0 cm³/mol. The lowest BCUT2D eigenvalue weighted by atomic mass is 10.2. The Morgan fingerprint density at radius 1 is 1.35 bits per heavy atom. The summed E-state index contributed by atoms with van der Waals surface area (Å²) in [6.45, 7) is 1.85. The Hall–Kier alpha value is -1.95. The van der Waals surface area contributed by atoms with Crippen LogP contribution in [0.4, 0.5) is 4.39 Å². The van der Waals surface area contributed by atoms with Gasteiger partial charge in [-0.25, -0.2) is 9.18 Å². The van der Waals surface area contributed by atoms with Crippen LogP contribution in [0.15, 0.2) is 39.6 Å². The van der Waals surface area contributed by atoms with Crippen molar-refractivity contribution in [2.45, 2.75) is 13.3 Å². The minimum absolute atomic E-state index is 0.335. The van der Waals surface area contributed by atoms with Crippen LogP contribution in [0.1, 0.15) is 23.0 Å². The highest BCUT2D eigenvalue weighted by atomic mass is 79.9. The number of carboxylic acids is 1. The predicted octanol–water partition coefficient (Wildman–Crippen LogP) is 3.00. The number of aromatic nitrogens is 1. The number of carboxylic acid groups (broad SMARTS) is 1. The van der Waals surface area contributed by atoms with E-state index in [1.165, 1.54) is 34.9 Å². The van der Waals surface area contributed by atoms with Gasteiger partial charge >= 0.3 is 5.97 Å². The van der Waals surface area contributed by atoms with E-state index in [0.717, 1.165) is 0 Å². The normalized spacial score (nSPS) is 10.6. The maximum Gasteiger partial charge on any atom is 0.341 e. The quantitative estimate of drug-likeness (QED) is 0.935. The molecule has 1 N–H and O–H groups in total. The van der Waals surface area contributed by atoms with Crippen molar-refractivity contribution in [2.75, 3.05) is 0 Å². The zero-order chi connectivity index (χ0) is 14.9. The van der Waals surface area contributed by atoms with E-state index in [2.05, 4.69) is 15.9 Å². The number of pyridine rings is 1. The summed E-state index contributed by atoms with van der Waals surface area (Å²) in [7, 11) is 0. The van der Waals surface area contributed by atoms with Gasteiger partial charge in [0.05, 0.1) is 0 Å². The van der Waals surface area contributed by atoms with Crippen molar-refractivity contribution in [2.24, 2.45) is 0 Å². The largest absolute Gasteiger partial charge is 0.477 e. The number of rotatable bonds is 3. The Morgan fingerprint density at radius 2 is 1.95 bits per heavy atom. The van der Waals surface area contributed by atoms with Crippen LogP contribution in [0.25, 0.3) is 5.69 Å². The molecule has 6 heteroatoms. The Morgan fingerprint density at radius 3 is 2.45 bits per heavy atom. The zero-order valence-electron chi connectivity index (χ0n) is 10.6. The standard InChI is InChI=1S/C14H11BrFNO3/c1-2-12-11(15)7-10(14(19)20)13(18)17(12)9-5-3-8(16)4-6-9/h3-7H,2H2,1H3,(H,19,20). The van der Waals surface area contributed by atoms with Crippen molar-refractivity contribution in [3.63, 3.8) is 0 Å². The van der Waals surface area contributed by atoms with E-state index in [1.54, 1.807) is 0 Å². The summed E-state index contributed by atoms with van der Waals surface area (Å²) in [6, 6.07) is 6.62. The van der Waals surface area contributed by atoms with Crippen molar-refractivity contribution in [1.82, 2.24) is 4.57 Å². The summed E-state index contributed by atoms with van der Waals surface area (Å²) in [6.07, 6.45) is 0.521. The maximum atomic E-state index is 13.0. The molecule has 0 saturated carbocycles. The lowest BCUT2D eigenvalue weighted by Crippen LogP contribution is -2.28. The van der Waals surface area contributed by atoms with Gasteiger partial charge in [0.15, 0.2) is 0 Å². The number of carbonyl (C=O) groups is 1. The average molecular weight is 340 g/mol. The molecule has 4 nitrogen and oxygen atoms in total. The highest BCUT2D eigenvalue weighted by Gasteiger charge is 2.17. The lowest BCUT2D eigenvalue weighted by Gasteiger charge is -2.14. The first-order valence-electron chi connectivity index (χ1n) is 5.89. The summed E-state index contributed by atoms with van der Waals surface area (Å²) in [5.74, 6) is -1.72. The van der Waals surface area contributed by atoms with Crippen molar-refractivity contribution >= 4 is 21.9 Å². The smallest absolute Gasteiger partial charge is 0.341 e. The maximum absolute atomic E-state index is 13.0. The Kier molecular flexibility index (Phi) is 4.04. The van der Waals surface area contributed by atoms with Crippen molar-refractivity contribution < 1.29 is 14.3 Å². The second-order valence-corrected chi connectivity index (χ2v) is 4.98. The van der Waals surface area contributed by atoms with Gasteiger partial charge in [0.1, 0.15) is 11.4 Å². The number of benzene rings is 1. The van der Waals surface area contributed by atoms with E-state index in [0.29, 0.717) is 22.3 Å². The van der Waals surface area contributed by atoms with Crippen molar-refractivity contribution in [1.29, 1.82) is 0 Å². The number of hydrogen-bond donors (Lipinski definition) is 1. The average Bonchev–Trinajstić information content (AvgIpc) is 2.41. The first-order valence-corrected chi connectivity index (χ1v) is 6.68. The monoisotopic (exact) mass is 339 g/mol. The van der Waals surface area contributed by atoms with E-state index in [9.17, 15) is 14.0 Å². The van der Waals surface area contributed by atoms with Crippen LogP contribution in [0.2, 0.25) is 0 Å². The van der Waals surface area contributed by atoms with Crippen LogP contribution in [-0.2, 0) is 6.42 Å². The molecule has 0 unspecified atom stereocenters. The number of nitrogens with zero attached hydrogens (tertiary/aromatic N) is 1. The van der Waals surface area contributed by atoms with Crippen LogP contribution < -0.4 is 5.56 Å². The van der Waals surface area contributed by atoms with E-state index in [4.69, 9.17) is 5.11 Å². The number of halogens is 2. The molecule has 1 aromatic heterocycles. The zero-order valence-corrected chi connectivity index (χ0v) is 12.1. The molecule has 20 heavy (non-hydrogen) atoms. The second kappa shape index (κ2) is 5.58. The number of hydrogen-bond acceptors (Lipinski definition) is 2. The third kappa shape index (κ3) is 2.51. The molecule has 0 bridgehead atoms. The van der Waals surface area contributed by atoms with E-state index < -0.39 is 17.3 Å². The van der Waals surface area contributed by atoms with E-state index >= 15 is 0 Å². The lowest BCUT2D eigenvalue weighted by molar-refractivity contribution is 0.0694. The van der Waals surface area contributed by atoms with Gasteiger partial charge in [-0.15, -0.1) is 0 Å². The molecule has 0 amide bonds. The van der Waals surface area contributed by atoms with E-state index in [-0.39, 0.29) is 5.56 Å². The first kappa shape index (κ1) is 14.5. The number of aromatic carboxylic acids is 1. The third-order valence-electron chi connectivity index (χ3n) is 2.90. The molecule has 0 radical (unpaired) electrons. The first-order chi connectivity index (χ1) is 9.45. The molecule has 0 fully saturated rings. The summed E-state index contributed by atoms with van der Waals surface area (Å²) < 4.78 is 14.8. The second-order valence-electron chi connectivity index (χ2n) is 4.13. The van der Waals surface area contributed by atoms with Gasteiger partial charge in [-0.05, 0) is 52.7 Å². The molecule has 0 atom stereocenters. The SMILES string of the molecule is CCc1c(Br)cc(C(=O)O)c(=O)n1-c1ccc(F)cc1. The molecule has 1 heterocycles. The van der Waals surface area contributed by atoms with Crippen LogP contribution >= 0.6 is 15.9 Å². The van der Waals surface area contributed by atoms with Gasteiger partial charge in [-0.2, -0.15) is 0 Å². The van der Waals surface area contributed by atoms with Gasteiger partial charge in [0.2, 0.25) is 0 Å².